The van der Waals surface area contributed by atoms with Crippen molar-refractivity contribution in [3.05, 3.63) is 130 Å². The summed E-state index contributed by atoms with van der Waals surface area (Å²) in [6.07, 6.45) is 5.10. The Morgan fingerprint density at radius 1 is 0.571 bits per heavy atom. The summed E-state index contributed by atoms with van der Waals surface area (Å²) < 4.78 is 29.6. The van der Waals surface area contributed by atoms with Crippen LogP contribution in [0.25, 0.3) is 0 Å². The quantitative estimate of drug-likeness (QED) is 0.161. The molecule has 12 nitrogen and oxygen atoms in total. The zero-order valence-corrected chi connectivity index (χ0v) is 31.2. The molecule has 4 aliphatic rings. The lowest BCUT2D eigenvalue weighted by Crippen LogP contribution is -2.44. The fourth-order valence-electron chi connectivity index (χ4n) is 7.85. The number of fused-ring (bicyclic) bond motifs is 6. The second-order valence-corrected chi connectivity index (χ2v) is 14.1. The van der Waals surface area contributed by atoms with Gasteiger partial charge in [-0.2, -0.15) is 0 Å². The van der Waals surface area contributed by atoms with Gasteiger partial charge in [-0.1, -0.05) is 48.5 Å². The Balaban J connectivity index is 0.925. The van der Waals surface area contributed by atoms with Gasteiger partial charge >= 0.3 is 0 Å². The number of rotatable bonds is 9. The molecule has 56 heavy (non-hydrogen) atoms. The molecule has 0 aliphatic carbocycles. The van der Waals surface area contributed by atoms with Crippen LogP contribution >= 0.6 is 0 Å². The number of pyridine rings is 1. The second kappa shape index (κ2) is 14.5. The topological polar surface area (TPSA) is 124 Å². The van der Waals surface area contributed by atoms with Gasteiger partial charge < -0.3 is 33.5 Å². The van der Waals surface area contributed by atoms with Crippen molar-refractivity contribution in [2.45, 2.75) is 51.2 Å². The Hall–Kier alpha value is -6.69. The molecule has 0 bridgehead atoms. The Labute approximate surface area is 324 Å². The molecule has 4 aromatic carbocycles. The van der Waals surface area contributed by atoms with Crippen molar-refractivity contribution in [3.63, 3.8) is 0 Å². The maximum Gasteiger partial charge on any atom is 0.257 e. The molecule has 0 N–H and O–H groups in total. The maximum absolute atomic E-state index is 13.8. The lowest BCUT2D eigenvalue weighted by molar-refractivity contribution is 0.0696. The van der Waals surface area contributed by atoms with Crippen molar-refractivity contribution in [2.24, 2.45) is 9.98 Å². The van der Waals surface area contributed by atoms with Gasteiger partial charge in [0.15, 0.2) is 23.0 Å². The number of ether oxygens (including phenoxy) is 5. The van der Waals surface area contributed by atoms with E-state index in [1.807, 2.05) is 52.6 Å². The van der Waals surface area contributed by atoms with Gasteiger partial charge in [-0.15, -0.1) is 0 Å². The molecule has 282 valence electrons. The number of amides is 2. The molecular formula is C44H39N5O7. The van der Waals surface area contributed by atoms with Crippen LogP contribution in [0, 0.1) is 0 Å². The van der Waals surface area contributed by atoms with E-state index < -0.39 is 0 Å². The first kappa shape index (κ1) is 35.0. The summed E-state index contributed by atoms with van der Waals surface area (Å²) in [5, 5.41) is 0. The summed E-state index contributed by atoms with van der Waals surface area (Å²) in [6, 6.07) is 26.6. The fraction of sp³-hybridized carbons (Fsp3) is 0.250. The van der Waals surface area contributed by atoms with E-state index in [-0.39, 0.29) is 37.1 Å². The van der Waals surface area contributed by atoms with Crippen LogP contribution in [0.5, 0.6) is 28.7 Å². The zero-order chi connectivity index (χ0) is 38.3. The van der Waals surface area contributed by atoms with Crippen LogP contribution in [0.2, 0.25) is 0 Å². The minimum Gasteiger partial charge on any atom is -0.495 e. The van der Waals surface area contributed by atoms with Crippen molar-refractivity contribution >= 4 is 35.6 Å². The van der Waals surface area contributed by atoms with Gasteiger partial charge in [0.05, 0.1) is 61.6 Å². The van der Waals surface area contributed by atoms with Crippen LogP contribution in [0.15, 0.2) is 94.9 Å². The lowest BCUT2D eigenvalue weighted by atomic mass is 9.94. The predicted molar refractivity (Wildman–Crippen MR) is 209 cm³/mol. The van der Waals surface area contributed by atoms with E-state index in [9.17, 15) is 9.59 Å². The molecule has 2 atom stereocenters. The highest BCUT2D eigenvalue weighted by Crippen LogP contribution is 2.41. The van der Waals surface area contributed by atoms with Crippen molar-refractivity contribution in [2.75, 3.05) is 21.3 Å². The molecule has 0 fully saturated rings. The highest BCUT2D eigenvalue weighted by molar-refractivity contribution is 6.04. The molecular weight excluding hydrogens is 711 g/mol. The fourth-order valence-corrected chi connectivity index (χ4v) is 7.85. The summed E-state index contributed by atoms with van der Waals surface area (Å²) in [5.41, 5.74) is 7.80. The third-order valence-electron chi connectivity index (χ3n) is 10.8. The Kier molecular flexibility index (Phi) is 9.08. The minimum atomic E-state index is -0.152. The average molecular weight is 750 g/mol. The van der Waals surface area contributed by atoms with Gasteiger partial charge in [0.1, 0.15) is 24.7 Å². The Morgan fingerprint density at radius 2 is 1.05 bits per heavy atom. The predicted octanol–water partition coefficient (Wildman–Crippen LogP) is 6.83. The molecule has 4 aliphatic heterocycles. The number of carbonyl (C=O) groups excluding carboxylic acids is 2. The summed E-state index contributed by atoms with van der Waals surface area (Å²) in [6.45, 7) is 1.16. The number of benzene rings is 4. The van der Waals surface area contributed by atoms with E-state index in [2.05, 4.69) is 24.3 Å². The third kappa shape index (κ3) is 6.36. The molecule has 5 heterocycles. The van der Waals surface area contributed by atoms with Gasteiger partial charge in [-0.05, 0) is 59.4 Å². The van der Waals surface area contributed by atoms with Crippen LogP contribution in [-0.2, 0) is 39.1 Å². The average Bonchev–Trinajstić information content (AvgIpc) is 3.45. The summed E-state index contributed by atoms with van der Waals surface area (Å²) in [7, 11) is 4.65. The number of aromatic nitrogens is 1. The molecule has 2 amide bonds. The summed E-state index contributed by atoms with van der Waals surface area (Å²) in [5.74, 6) is 1.98. The first-order chi connectivity index (χ1) is 27.4. The monoisotopic (exact) mass is 749 g/mol. The van der Waals surface area contributed by atoms with E-state index in [0.29, 0.717) is 88.6 Å². The third-order valence-corrected chi connectivity index (χ3v) is 10.8. The molecule has 0 radical (unpaired) electrons. The van der Waals surface area contributed by atoms with Crippen LogP contribution in [0.1, 0.15) is 54.4 Å². The number of hydrogen-bond donors (Lipinski definition) is 0. The molecule has 5 aromatic rings. The van der Waals surface area contributed by atoms with E-state index in [1.54, 1.807) is 44.6 Å². The molecule has 0 spiro atoms. The van der Waals surface area contributed by atoms with Gasteiger partial charge in [-0.25, -0.2) is 4.98 Å². The van der Waals surface area contributed by atoms with E-state index in [0.717, 1.165) is 11.1 Å². The van der Waals surface area contributed by atoms with E-state index >= 15 is 0 Å². The zero-order valence-electron chi connectivity index (χ0n) is 31.2. The summed E-state index contributed by atoms with van der Waals surface area (Å²) >= 11 is 0. The molecule has 1 aromatic heterocycles. The van der Waals surface area contributed by atoms with Gasteiger partial charge in [0.2, 0.25) is 0 Å². The number of aliphatic imine (C=N–C) groups is 2. The van der Waals surface area contributed by atoms with Crippen molar-refractivity contribution in [1.29, 1.82) is 0 Å². The van der Waals surface area contributed by atoms with Gasteiger partial charge in [-0.3, -0.25) is 19.6 Å². The summed E-state index contributed by atoms with van der Waals surface area (Å²) in [4.78, 5) is 45.7. The molecule has 9 rings (SSSR count). The number of nitrogens with zero attached hydrogens (tertiary/aromatic N) is 5. The number of methoxy groups -OCH3 is 3. The number of carbonyl (C=O) groups is 2. The lowest BCUT2D eigenvalue weighted by Gasteiger charge is -2.34. The highest BCUT2D eigenvalue weighted by Gasteiger charge is 2.35. The van der Waals surface area contributed by atoms with Gasteiger partial charge in [0.25, 0.3) is 11.8 Å². The largest absolute Gasteiger partial charge is 0.495 e. The number of hydrogen-bond acceptors (Lipinski definition) is 10. The van der Waals surface area contributed by atoms with Crippen molar-refractivity contribution < 1.29 is 33.3 Å². The highest BCUT2D eigenvalue weighted by atomic mass is 16.5. The molecule has 0 saturated heterocycles. The SMILES string of the molecule is COc1cc2c(cc1OCc1ccc(OC)c(COc3cc4c(cc3OC)C(=O)N3Cc5ccccc5CC3C=N4)n1)N=C[C@@H]1Cc3ccccc3CN1C2=O. The molecule has 12 heteroatoms. The van der Waals surface area contributed by atoms with Crippen LogP contribution in [0.3, 0.4) is 0 Å². The standard InChI is InChI=1S/C44H39N5O7/c1-52-38-13-12-30(24-55-41-18-35-33(16-39(41)53-2)43(50)48-22-28-10-6-4-8-26(28)14-31(48)20-45-35)47-37(38)25-56-42-19-36-34(17-40(42)54-3)44(51)49-23-29-11-7-5-9-27(29)15-32(49)21-46-36/h4-13,16-21,31-32H,14-15,22-25H2,1-3H3/t31-,32?/m0/s1. The Bertz CT molecular complexity index is 2450. The van der Waals surface area contributed by atoms with E-state index in [4.69, 9.17) is 38.7 Å². The van der Waals surface area contributed by atoms with Crippen molar-refractivity contribution in [1.82, 2.24) is 14.8 Å². The van der Waals surface area contributed by atoms with Crippen LogP contribution in [0.4, 0.5) is 11.4 Å². The molecule has 1 unspecified atom stereocenters. The first-order valence-electron chi connectivity index (χ1n) is 18.5. The first-order valence-corrected chi connectivity index (χ1v) is 18.5. The molecule has 0 saturated carbocycles. The van der Waals surface area contributed by atoms with E-state index in [1.165, 1.54) is 18.2 Å². The van der Waals surface area contributed by atoms with Gasteiger partial charge in [0, 0.05) is 37.7 Å². The smallest absolute Gasteiger partial charge is 0.257 e. The maximum atomic E-state index is 13.8. The second-order valence-electron chi connectivity index (χ2n) is 14.1. The van der Waals surface area contributed by atoms with Crippen molar-refractivity contribution in [3.8, 4) is 28.7 Å². The van der Waals surface area contributed by atoms with Crippen LogP contribution < -0.4 is 23.7 Å². The Morgan fingerprint density at radius 3 is 1.55 bits per heavy atom. The minimum absolute atomic E-state index is 0.0361. The normalized spacial score (nSPS) is 17.6. The van der Waals surface area contributed by atoms with Crippen LogP contribution in [-0.4, -0.2) is 72.4 Å².